The summed E-state index contributed by atoms with van der Waals surface area (Å²) in [4.78, 5) is 0. The normalized spacial score (nSPS) is 10.1. The number of allylic oxidation sites excluding steroid dienone is 1. The van der Waals surface area contributed by atoms with E-state index in [9.17, 15) is 0 Å². The molecule has 0 bridgehead atoms. The van der Waals surface area contributed by atoms with Gasteiger partial charge in [-0.25, -0.2) is 0 Å². The van der Waals surface area contributed by atoms with Crippen LogP contribution in [0, 0.1) is 0 Å². The van der Waals surface area contributed by atoms with Crippen molar-refractivity contribution in [2.75, 3.05) is 5.75 Å². The van der Waals surface area contributed by atoms with Crippen molar-refractivity contribution in [2.45, 2.75) is 31.4 Å². The molecule has 0 aliphatic heterocycles. The van der Waals surface area contributed by atoms with E-state index >= 15 is 0 Å². The Labute approximate surface area is 97.8 Å². The number of unbranched alkanes of at least 4 members (excludes halogenated alkanes) is 3. The Balaban J connectivity index is 1.95. The number of hydrogen-bond donors (Lipinski definition) is 0. The van der Waals surface area contributed by atoms with Crippen molar-refractivity contribution in [2.24, 2.45) is 0 Å². The minimum atomic E-state index is 1.16. The molecule has 0 atom stereocenters. The van der Waals surface area contributed by atoms with E-state index in [1.165, 1.54) is 37.0 Å². The summed E-state index contributed by atoms with van der Waals surface area (Å²) in [5.74, 6) is 2.44. The smallest absolute Gasteiger partial charge is 0.0184 e. The van der Waals surface area contributed by atoms with Crippen LogP contribution in [0.1, 0.15) is 31.2 Å². The van der Waals surface area contributed by atoms with E-state index in [1.807, 2.05) is 17.8 Å². The summed E-state index contributed by atoms with van der Waals surface area (Å²) in [6, 6.07) is 10.7. The van der Waals surface area contributed by atoms with E-state index in [2.05, 4.69) is 36.9 Å². The fourth-order valence-corrected chi connectivity index (χ4v) is 2.41. The first-order chi connectivity index (χ1) is 7.43. The maximum atomic E-state index is 3.73. The van der Waals surface area contributed by atoms with Crippen molar-refractivity contribution in [3.8, 4) is 0 Å². The van der Waals surface area contributed by atoms with Crippen molar-refractivity contribution >= 4 is 11.8 Å². The standard InChI is InChI=1S/C14H20S/c1-2-3-4-5-9-12-15-13-14-10-7-6-8-11-14/h2,6-8,10-11H,1,3-5,9,12-13H2. The molecule has 1 heteroatoms. The van der Waals surface area contributed by atoms with E-state index in [4.69, 9.17) is 0 Å². The van der Waals surface area contributed by atoms with Gasteiger partial charge in [0.1, 0.15) is 0 Å². The molecular weight excluding hydrogens is 200 g/mol. The molecular formula is C14H20S. The van der Waals surface area contributed by atoms with Crippen molar-refractivity contribution in [3.63, 3.8) is 0 Å². The lowest BCUT2D eigenvalue weighted by Crippen LogP contribution is -1.84. The summed E-state index contributed by atoms with van der Waals surface area (Å²) in [6.45, 7) is 3.73. The Kier molecular flexibility index (Phi) is 7.10. The zero-order chi connectivity index (χ0) is 10.8. The first-order valence-corrected chi connectivity index (χ1v) is 6.81. The summed E-state index contributed by atoms with van der Waals surface area (Å²) in [7, 11) is 0. The fourth-order valence-electron chi connectivity index (χ4n) is 1.43. The Hall–Kier alpha value is -0.690. The second-order valence-electron chi connectivity index (χ2n) is 3.68. The Morgan fingerprint density at radius 2 is 1.87 bits per heavy atom. The van der Waals surface area contributed by atoms with Crippen molar-refractivity contribution in [1.29, 1.82) is 0 Å². The highest BCUT2D eigenvalue weighted by Gasteiger charge is 1.92. The third kappa shape index (κ3) is 6.40. The predicted octanol–water partition coefficient (Wildman–Crippen LogP) is 4.67. The molecule has 0 unspecified atom stereocenters. The van der Waals surface area contributed by atoms with Crippen LogP contribution in [0.2, 0.25) is 0 Å². The van der Waals surface area contributed by atoms with Crippen LogP contribution in [-0.4, -0.2) is 5.75 Å². The Morgan fingerprint density at radius 1 is 1.07 bits per heavy atom. The highest BCUT2D eigenvalue weighted by molar-refractivity contribution is 7.98. The highest BCUT2D eigenvalue weighted by atomic mass is 32.2. The number of thioether (sulfide) groups is 1. The highest BCUT2D eigenvalue weighted by Crippen LogP contribution is 2.14. The maximum Gasteiger partial charge on any atom is 0.0184 e. The van der Waals surface area contributed by atoms with Crippen LogP contribution < -0.4 is 0 Å². The molecule has 0 radical (unpaired) electrons. The van der Waals surface area contributed by atoms with Gasteiger partial charge in [0.05, 0.1) is 0 Å². The average Bonchev–Trinajstić information content (AvgIpc) is 2.29. The van der Waals surface area contributed by atoms with Gasteiger partial charge in [-0.15, -0.1) is 6.58 Å². The van der Waals surface area contributed by atoms with Crippen LogP contribution in [0.5, 0.6) is 0 Å². The van der Waals surface area contributed by atoms with Crippen LogP contribution in [0.4, 0.5) is 0 Å². The molecule has 0 heterocycles. The monoisotopic (exact) mass is 220 g/mol. The zero-order valence-corrected chi connectivity index (χ0v) is 10.1. The van der Waals surface area contributed by atoms with Gasteiger partial charge >= 0.3 is 0 Å². The molecule has 0 aromatic heterocycles. The topological polar surface area (TPSA) is 0 Å². The third-order valence-electron chi connectivity index (χ3n) is 2.31. The van der Waals surface area contributed by atoms with Gasteiger partial charge in [-0.3, -0.25) is 0 Å². The summed E-state index contributed by atoms with van der Waals surface area (Å²) < 4.78 is 0. The molecule has 0 N–H and O–H groups in total. The molecule has 0 spiro atoms. The lowest BCUT2D eigenvalue weighted by Gasteiger charge is -2.01. The van der Waals surface area contributed by atoms with E-state index in [0.29, 0.717) is 0 Å². The summed E-state index contributed by atoms with van der Waals surface area (Å²) in [6.07, 6.45) is 7.16. The zero-order valence-electron chi connectivity index (χ0n) is 9.32. The Morgan fingerprint density at radius 3 is 2.60 bits per heavy atom. The largest absolute Gasteiger partial charge is 0.157 e. The lowest BCUT2D eigenvalue weighted by atomic mass is 10.2. The molecule has 0 aliphatic rings. The van der Waals surface area contributed by atoms with Gasteiger partial charge in [-0.05, 0) is 30.6 Å². The minimum absolute atomic E-state index is 1.16. The van der Waals surface area contributed by atoms with Crippen LogP contribution in [0.25, 0.3) is 0 Å². The number of hydrogen-bond acceptors (Lipinski definition) is 1. The van der Waals surface area contributed by atoms with Crippen molar-refractivity contribution in [1.82, 2.24) is 0 Å². The minimum Gasteiger partial charge on any atom is -0.157 e. The number of rotatable bonds is 8. The fraction of sp³-hybridized carbons (Fsp3) is 0.429. The lowest BCUT2D eigenvalue weighted by molar-refractivity contribution is 0.735. The molecule has 1 aromatic carbocycles. The predicted molar refractivity (Wildman–Crippen MR) is 71.3 cm³/mol. The molecule has 15 heavy (non-hydrogen) atoms. The van der Waals surface area contributed by atoms with Crippen LogP contribution in [0.15, 0.2) is 43.0 Å². The Bertz CT molecular complexity index is 253. The summed E-state index contributed by atoms with van der Waals surface area (Å²) in [5.41, 5.74) is 1.44. The van der Waals surface area contributed by atoms with E-state index < -0.39 is 0 Å². The van der Waals surface area contributed by atoms with Gasteiger partial charge < -0.3 is 0 Å². The van der Waals surface area contributed by atoms with E-state index in [0.717, 1.165) is 5.75 Å². The van der Waals surface area contributed by atoms with Crippen molar-refractivity contribution in [3.05, 3.63) is 48.6 Å². The van der Waals surface area contributed by atoms with Crippen LogP contribution in [-0.2, 0) is 5.75 Å². The third-order valence-corrected chi connectivity index (χ3v) is 3.42. The molecule has 1 rings (SSSR count). The van der Waals surface area contributed by atoms with E-state index in [-0.39, 0.29) is 0 Å². The molecule has 0 nitrogen and oxygen atoms in total. The maximum absolute atomic E-state index is 3.73. The second kappa shape index (κ2) is 8.60. The second-order valence-corrected chi connectivity index (χ2v) is 4.78. The van der Waals surface area contributed by atoms with Gasteiger partial charge in [0, 0.05) is 5.75 Å². The van der Waals surface area contributed by atoms with E-state index in [1.54, 1.807) is 0 Å². The van der Waals surface area contributed by atoms with Gasteiger partial charge in [0.25, 0.3) is 0 Å². The quantitative estimate of drug-likeness (QED) is 0.453. The molecule has 0 saturated heterocycles. The molecule has 0 saturated carbocycles. The molecule has 0 aliphatic carbocycles. The number of benzene rings is 1. The summed E-state index contributed by atoms with van der Waals surface area (Å²) >= 11 is 2.04. The van der Waals surface area contributed by atoms with Crippen molar-refractivity contribution < 1.29 is 0 Å². The van der Waals surface area contributed by atoms with Crippen LogP contribution in [0.3, 0.4) is 0 Å². The molecule has 1 aromatic rings. The van der Waals surface area contributed by atoms with Gasteiger partial charge in [0.2, 0.25) is 0 Å². The average molecular weight is 220 g/mol. The van der Waals surface area contributed by atoms with Gasteiger partial charge in [-0.2, -0.15) is 11.8 Å². The van der Waals surface area contributed by atoms with Gasteiger partial charge in [-0.1, -0.05) is 42.8 Å². The molecule has 0 amide bonds. The SMILES string of the molecule is C=CCCCCCSCc1ccccc1. The van der Waals surface area contributed by atoms with Gasteiger partial charge in [0.15, 0.2) is 0 Å². The van der Waals surface area contributed by atoms with Crippen LogP contribution >= 0.6 is 11.8 Å². The molecule has 0 fully saturated rings. The summed E-state index contributed by atoms with van der Waals surface area (Å²) in [5, 5.41) is 0. The first-order valence-electron chi connectivity index (χ1n) is 5.66. The first kappa shape index (κ1) is 12.4. The molecule has 82 valence electrons.